The maximum atomic E-state index is 9.25. The molecule has 0 aromatic rings. The van der Waals surface area contributed by atoms with Gasteiger partial charge in [0.1, 0.15) is 23.0 Å². The molecule has 0 radical (unpaired) electrons. The predicted octanol–water partition coefficient (Wildman–Crippen LogP) is 0.490. The van der Waals surface area contributed by atoms with Crippen molar-refractivity contribution in [3.8, 4) is 0 Å². The predicted molar refractivity (Wildman–Crippen MR) is 25.9 cm³/mol. The van der Waals surface area contributed by atoms with Crippen molar-refractivity contribution in [3.05, 3.63) is 0 Å². The smallest absolute Gasteiger partial charge is 0.283 e. The Labute approximate surface area is 45.9 Å². The minimum atomic E-state index is -2.09. The van der Waals surface area contributed by atoms with Crippen molar-refractivity contribution in [1.82, 2.24) is 0 Å². The van der Waals surface area contributed by atoms with E-state index in [-0.39, 0.29) is 0 Å². The van der Waals surface area contributed by atoms with Gasteiger partial charge in [-0.1, -0.05) is 0 Å². The lowest BCUT2D eigenvalue weighted by Crippen LogP contribution is -1.77. The molecule has 0 rings (SSSR count). The van der Waals surface area contributed by atoms with Crippen molar-refractivity contribution in [1.29, 1.82) is 0 Å². The highest BCUT2D eigenvalue weighted by molar-refractivity contribution is 14.1. The summed E-state index contributed by atoms with van der Waals surface area (Å²) in [7, 11) is 0. The van der Waals surface area contributed by atoms with E-state index in [4.69, 9.17) is 4.55 Å². The van der Waals surface area contributed by atoms with E-state index in [1.54, 1.807) is 0 Å². The Balaban J connectivity index is 2.85. The Bertz CT molecular complexity index is 42.2. The lowest BCUT2D eigenvalue weighted by molar-refractivity contribution is 0.503. The zero-order valence-corrected chi connectivity index (χ0v) is 5.02. The van der Waals surface area contributed by atoms with Gasteiger partial charge in [-0.15, -0.1) is 0 Å². The van der Waals surface area contributed by atoms with E-state index in [1.807, 2.05) is 0 Å². The summed E-state index contributed by atoms with van der Waals surface area (Å²) in [6.45, 7) is 0. The molecule has 3 nitrogen and oxygen atoms in total. The SMILES string of the molecule is O=S(O)OI. The number of rotatable bonds is 1. The molecule has 0 amide bonds. The Morgan fingerprint density at radius 2 is 2.20 bits per heavy atom. The first-order valence-electron chi connectivity index (χ1n) is 0.670. The monoisotopic (exact) mass is 208 g/mol. The zero-order valence-electron chi connectivity index (χ0n) is 2.05. The van der Waals surface area contributed by atoms with Gasteiger partial charge in [0.25, 0.3) is 0 Å². The summed E-state index contributed by atoms with van der Waals surface area (Å²) in [5.74, 6) is 0. The third-order valence-corrected chi connectivity index (χ3v) is 1.08. The van der Waals surface area contributed by atoms with Crippen LogP contribution < -0.4 is 0 Å². The molecule has 1 N–H and O–H groups in total. The van der Waals surface area contributed by atoms with E-state index in [1.165, 1.54) is 23.0 Å². The van der Waals surface area contributed by atoms with Crippen molar-refractivity contribution in [2.24, 2.45) is 0 Å². The van der Waals surface area contributed by atoms with Crippen LogP contribution in [0.1, 0.15) is 0 Å². The third kappa shape index (κ3) is 4.80. The van der Waals surface area contributed by atoms with Crippen LogP contribution in [0.15, 0.2) is 0 Å². The molecule has 0 fully saturated rings. The molecule has 0 aromatic heterocycles. The van der Waals surface area contributed by atoms with Gasteiger partial charge in [-0.2, -0.15) is 6.72 Å². The van der Waals surface area contributed by atoms with Crippen LogP contribution in [-0.2, 0) is 13.9 Å². The largest absolute Gasteiger partial charge is 0.311 e. The van der Waals surface area contributed by atoms with Gasteiger partial charge >= 0.3 is 11.4 Å². The average Bonchev–Trinajstić information content (AvgIpc) is 1.38. The van der Waals surface area contributed by atoms with Crippen molar-refractivity contribution in [2.75, 3.05) is 0 Å². The maximum Gasteiger partial charge on any atom is 0.311 e. The van der Waals surface area contributed by atoms with Crippen LogP contribution in [0, 0.1) is 0 Å². The summed E-state index contributed by atoms with van der Waals surface area (Å²) >= 11 is -0.759. The van der Waals surface area contributed by atoms with Crippen molar-refractivity contribution >= 4 is 34.4 Å². The van der Waals surface area contributed by atoms with Gasteiger partial charge < -0.3 is 0 Å². The molecule has 0 spiro atoms. The van der Waals surface area contributed by atoms with Gasteiger partial charge in [-0.25, -0.2) is 0 Å². The number of halogens is 1. The Kier molecular flexibility index (Phi) is 3.49. The molecular weight excluding hydrogens is 207 g/mol. The van der Waals surface area contributed by atoms with E-state index in [9.17, 15) is 4.21 Å². The van der Waals surface area contributed by atoms with Crippen molar-refractivity contribution < 1.29 is 11.3 Å². The fourth-order valence-electron chi connectivity index (χ4n) is 0. The molecule has 5 heteroatoms. The molecule has 1 unspecified atom stereocenters. The van der Waals surface area contributed by atoms with Gasteiger partial charge in [0.05, 0.1) is 0 Å². The lowest BCUT2D eigenvalue weighted by atomic mass is 15.8. The molecule has 0 aromatic carbocycles. The molecule has 0 heterocycles. The Morgan fingerprint density at radius 1 is 2.00 bits per heavy atom. The van der Waals surface area contributed by atoms with Gasteiger partial charge in [-0.3, -0.25) is 4.55 Å². The zero-order chi connectivity index (χ0) is 4.28. The van der Waals surface area contributed by atoms with Crippen LogP contribution in [0.25, 0.3) is 0 Å². The fourth-order valence-corrected chi connectivity index (χ4v) is 0. The first kappa shape index (κ1) is 5.80. The average molecular weight is 208 g/mol. The molecule has 0 saturated carbocycles. The lowest BCUT2D eigenvalue weighted by Gasteiger charge is -1.72. The van der Waals surface area contributed by atoms with Crippen LogP contribution in [0.4, 0.5) is 0 Å². The summed E-state index contributed by atoms with van der Waals surface area (Å²) in [5.41, 5.74) is 0. The minimum Gasteiger partial charge on any atom is -0.283 e. The highest BCUT2D eigenvalue weighted by Crippen LogP contribution is 1.85. The van der Waals surface area contributed by atoms with Crippen LogP contribution in [0.3, 0.4) is 0 Å². The molecule has 0 aliphatic heterocycles. The van der Waals surface area contributed by atoms with Gasteiger partial charge in [-0.05, 0) is 0 Å². The van der Waals surface area contributed by atoms with E-state index >= 15 is 0 Å². The normalized spacial score (nSPS) is 14.8. The number of hydrogen-bond donors (Lipinski definition) is 1. The van der Waals surface area contributed by atoms with E-state index in [0.29, 0.717) is 0 Å². The molecule has 0 aliphatic rings. The number of hydrogen-bond acceptors (Lipinski definition) is 2. The van der Waals surface area contributed by atoms with Crippen LogP contribution in [0.5, 0.6) is 0 Å². The maximum absolute atomic E-state index is 9.25. The summed E-state index contributed by atoms with van der Waals surface area (Å²) in [6.07, 6.45) is 0. The van der Waals surface area contributed by atoms with E-state index in [0.717, 1.165) is 0 Å². The van der Waals surface area contributed by atoms with Gasteiger partial charge in [0, 0.05) is 0 Å². The fraction of sp³-hybridized carbons (Fsp3) is 0. The summed E-state index contributed by atoms with van der Waals surface area (Å²) in [4.78, 5) is 0. The first-order chi connectivity index (χ1) is 2.27. The second-order valence-corrected chi connectivity index (χ2v) is 1.92. The molecule has 0 saturated heterocycles. The summed E-state index contributed by atoms with van der Waals surface area (Å²) in [6, 6.07) is 0. The Morgan fingerprint density at radius 3 is 2.20 bits per heavy atom. The second kappa shape index (κ2) is 3.01. The highest BCUT2D eigenvalue weighted by atomic mass is 127. The first-order valence-corrected chi connectivity index (χ1v) is 2.58. The summed E-state index contributed by atoms with van der Waals surface area (Å²) in [5, 5.41) is 0. The van der Waals surface area contributed by atoms with Gasteiger partial charge in [0.2, 0.25) is 0 Å². The molecule has 1 atom stereocenters. The van der Waals surface area contributed by atoms with E-state index < -0.39 is 11.4 Å². The quantitative estimate of drug-likeness (QED) is 0.503. The summed E-state index contributed by atoms with van der Waals surface area (Å²) < 4.78 is 20.6. The third-order valence-electron chi connectivity index (χ3n) is 0.0539. The molecule has 32 valence electrons. The van der Waals surface area contributed by atoms with Crippen molar-refractivity contribution in [2.45, 2.75) is 0 Å². The van der Waals surface area contributed by atoms with Crippen molar-refractivity contribution in [3.63, 3.8) is 0 Å². The Hall–Kier alpha value is 0.800. The second-order valence-electron chi connectivity index (χ2n) is 0.280. The molecule has 0 bridgehead atoms. The highest BCUT2D eigenvalue weighted by Gasteiger charge is 1.78. The standard InChI is InChI=1S/HIO3S/c1-4-5(2)3/h(H,2,3). The van der Waals surface area contributed by atoms with Crippen LogP contribution in [0.2, 0.25) is 0 Å². The minimum absolute atomic E-state index is 1.33. The topological polar surface area (TPSA) is 46.5 Å². The van der Waals surface area contributed by atoms with E-state index in [2.05, 4.69) is 2.51 Å². The molecule has 5 heavy (non-hydrogen) atoms. The molecule has 0 aliphatic carbocycles. The van der Waals surface area contributed by atoms with Crippen LogP contribution >= 0.6 is 23.0 Å². The molecular formula is HIO3S. The van der Waals surface area contributed by atoms with Crippen LogP contribution in [-0.4, -0.2) is 8.76 Å². The van der Waals surface area contributed by atoms with Gasteiger partial charge in [0.15, 0.2) is 0 Å².